The van der Waals surface area contributed by atoms with Crippen LogP contribution in [0.15, 0.2) is 18.2 Å². The van der Waals surface area contributed by atoms with E-state index in [9.17, 15) is 9.59 Å². The molecule has 1 rings (SSSR count). The van der Waals surface area contributed by atoms with Crippen molar-refractivity contribution in [3.05, 3.63) is 23.8 Å². The first-order valence-corrected chi connectivity index (χ1v) is 12.6. The van der Waals surface area contributed by atoms with E-state index in [1.807, 2.05) is 12.1 Å². The van der Waals surface area contributed by atoms with Gasteiger partial charge in [0.2, 0.25) is 0 Å². The number of ether oxygens (including phenoxy) is 2. The maximum absolute atomic E-state index is 12.4. The number of rotatable bonds is 18. The Kier molecular flexibility index (Phi) is 15.6. The molecule has 4 nitrogen and oxygen atoms in total. The molecule has 0 aromatic heterocycles. The van der Waals surface area contributed by atoms with Crippen LogP contribution in [0.2, 0.25) is 0 Å². The Labute approximate surface area is 190 Å². The Hall–Kier alpha value is -1.84. The van der Waals surface area contributed by atoms with E-state index in [2.05, 4.69) is 20.8 Å². The monoisotopic (exact) mass is 432 g/mol. The minimum absolute atomic E-state index is 0.251. The van der Waals surface area contributed by atoms with Gasteiger partial charge in [0.15, 0.2) is 11.5 Å². The second-order valence-electron chi connectivity index (χ2n) is 8.51. The van der Waals surface area contributed by atoms with Crippen LogP contribution in [0, 0.1) is 0 Å². The van der Waals surface area contributed by atoms with Crippen LogP contribution in [-0.4, -0.2) is 11.9 Å². The molecular formula is C27H44O4. The second kappa shape index (κ2) is 17.8. The van der Waals surface area contributed by atoms with Gasteiger partial charge < -0.3 is 9.47 Å². The second-order valence-corrected chi connectivity index (χ2v) is 8.51. The highest BCUT2D eigenvalue weighted by Crippen LogP contribution is 2.30. The molecule has 0 fully saturated rings. The number of benzene rings is 1. The minimum atomic E-state index is -0.257. The molecule has 0 heterocycles. The third-order valence-corrected chi connectivity index (χ3v) is 5.49. The molecule has 0 amide bonds. The summed E-state index contributed by atoms with van der Waals surface area (Å²) in [6.45, 7) is 6.53. The van der Waals surface area contributed by atoms with Crippen LogP contribution < -0.4 is 9.47 Å². The van der Waals surface area contributed by atoms with Gasteiger partial charge in [0, 0.05) is 12.8 Å². The van der Waals surface area contributed by atoms with E-state index in [4.69, 9.17) is 9.47 Å². The van der Waals surface area contributed by atoms with Crippen molar-refractivity contribution in [2.45, 2.75) is 124 Å². The van der Waals surface area contributed by atoms with E-state index in [1.165, 1.54) is 32.1 Å². The molecule has 0 radical (unpaired) electrons. The Morgan fingerprint density at radius 1 is 0.613 bits per heavy atom. The van der Waals surface area contributed by atoms with Crippen LogP contribution >= 0.6 is 0 Å². The van der Waals surface area contributed by atoms with E-state index >= 15 is 0 Å². The summed E-state index contributed by atoms with van der Waals surface area (Å²) in [6, 6.07) is 5.62. The summed E-state index contributed by atoms with van der Waals surface area (Å²) in [5.74, 6) is 0.232. The van der Waals surface area contributed by atoms with Gasteiger partial charge in [-0.3, -0.25) is 9.59 Å². The topological polar surface area (TPSA) is 52.6 Å². The van der Waals surface area contributed by atoms with Crippen molar-refractivity contribution in [1.29, 1.82) is 0 Å². The lowest BCUT2D eigenvalue weighted by molar-refractivity contribution is -0.137. The average Bonchev–Trinajstić information content (AvgIpc) is 2.75. The van der Waals surface area contributed by atoms with Gasteiger partial charge in [-0.25, -0.2) is 0 Å². The number of unbranched alkanes of at least 4 members (excludes halogenated alkanes) is 10. The Balaban J connectivity index is 2.67. The molecule has 176 valence electrons. The molecule has 0 N–H and O–H groups in total. The maximum Gasteiger partial charge on any atom is 0.311 e. The lowest BCUT2D eigenvalue weighted by Crippen LogP contribution is -2.12. The number of carbonyl (C=O) groups excluding carboxylic acids is 2. The molecule has 4 heteroatoms. The van der Waals surface area contributed by atoms with Crippen LogP contribution in [-0.2, 0) is 16.0 Å². The summed E-state index contributed by atoms with van der Waals surface area (Å²) in [7, 11) is 0. The summed E-state index contributed by atoms with van der Waals surface area (Å²) in [5.41, 5.74) is 1.11. The summed E-state index contributed by atoms with van der Waals surface area (Å²) in [6.07, 6.45) is 16.0. The molecule has 0 saturated carbocycles. The number of hydrogen-bond acceptors (Lipinski definition) is 4. The van der Waals surface area contributed by atoms with Crippen molar-refractivity contribution in [2.75, 3.05) is 0 Å². The molecule has 0 saturated heterocycles. The van der Waals surface area contributed by atoms with E-state index < -0.39 is 0 Å². The third kappa shape index (κ3) is 13.2. The Morgan fingerprint density at radius 3 is 1.65 bits per heavy atom. The average molecular weight is 433 g/mol. The van der Waals surface area contributed by atoms with Gasteiger partial charge in [0.1, 0.15) is 0 Å². The fraction of sp³-hybridized carbons (Fsp3) is 0.704. The smallest absolute Gasteiger partial charge is 0.311 e. The van der Waals surface area contributed by atoms with E-state index in [-0.39, 0.29) is 11.9 Å². The van der Waals surface area contributed by atoms with E-state index in [0.29, 0.717) is 24.3 Å². The molecule has 0 spiro atoms. The van der Waals surface area contributed by atoms with Gasteiger partial charge in [-0.15, -0.1) is 0 Å². The fourth-order valence-electron chi connectivity index (χ4n) is 3.54. The molecule has 0 aliphatic heterocycles. The zero-order valence-electron chi connectivity index (χ0n) is 20.2. The summed E-state index contributed by atoms with van der Waals surface area (Å²) < 4.78 is 11.2. The van der Waals surface area contributed by atoms with Gasteiger partial charge >= 0.3 is 11.9 Å². The quantitative estimate of drug-likeness (QED) is 0.134. The van der Waals surface area contributed by atoms with Crippen LogP contribution in [0.5, 0.6) is 11.5 Å². The highest BCUT2D eigenvalue weighted by Gasteiger charge is 2.15. The van der Waals surface area contributed by atoms with Gasteiger partial charge in [-0.2, -0.15) is 0 Å². The van der Waals surface area contributed by atoms with Gasteiger partial charge in [-0.05, 0) is 43.4 Å². The molecular weight excluding hydrogens is 388 g/mol. The maximum atomic E-state index is 12.4. The molecule has 0 aliphatic rings. The molecule has 1 aromatic carbocycles. The number of carbonyl (C=O) groups is 2. The first-order chi connectivity index (χ1) is 15.1. The van der Waals surface area contributed by atoms with E-state index in [0.717, 1.165) is 63.4 Å². The largest absolute Gasteiger partial charge is 0.423 e. The van der Waals surface area contributed by atoms with Crippen LogP contribution in [0.3, 0.4) is 0 Å². The first-order valence-electron chi connectivity index (χ1n) is 12.6. The van der Waals surface area contributed by atoms with Crippen molar-refractivity contribution in [3.8, 4) is 11.5 Å². The SMILES string of the molecule is CCCCCCCC(=O)Oc1ccc(CCCCC)cc1OC(=O)CCCCCCC. The molecule has 0 bridgehead atoms. The molecule has 0 aliphatic carbocycles. The first kappa shape index (κ1) is 27.2. The van der Waals surface area contributed by atoms with Crippen molar-refractivity contribution in [2.24, 2.45) is 0 Å². The highest BCUT2D eigenvalue weighted by atomic mass is 16.6. The van der Waals surface area contributed by atoms with Crippen LogP contribution in [0.1, 0.15) is 123 Å². The lowest BCUT2D eigenvalue weighted by atomic mass is 10.1. The van der Waals surface area contributed by atoms with Gasteiger partial charge in [0.25, 0.3) is 0 Å². The summed E-state index contributed by atoms with van der Waals surface area (Å²) in [4.78, 5) is 24.7. The Morgan fingerprint density at radius 2 is 1.10 bits per heavy atom. The van der Waals surface area contributed by atoms with Crippen molar-refractivity contribution < 1.29 is 19.1 Å². The van der Waals surface area contributed by atoms with Crippen molar-refractivity contribution in [1.82, 2.24) is 0 Å². The summed E-state index contributed by atoms with van der Waals surface area (Å²) in [5, 5.41) is 0. The normalized spacial score (nSPS) is 10.8. The third-order valence-electron chi connectivity index (χ3n) is 5.49. The molecule has 0 unspecified atom stereocenters. The van der Waals surface area contributed by atoms with Crippen LogP contribution in [0.25, 0.3) is 0 Å². The molecule has 31 heavy (non-hydrogen) atoms. The standard InChI is InChI=1S/C27H44O4/c1-4-7-10-12-15-18-26(28)30-24-21-20-23(17-14-9-6-3)22-25(24)31-27(29)19-16-13-11-8-5-2/h20-22H,4-19H2,1-3H3. The van der Waals surface area contributed by atoms with Crippen molar-refractivity contribution >= 4 is 11.9 Å². The highest BCUT2D eigenvalue weighted by molar-refractivity contribution is 5.76. The van der Waals surface area contributed by atoms with Gasteiger partial charge in [-0.1, -0.05) is 91.0 Å². The summed E-state index contributed by atoms with van der Waals surface area (Å²) >= 11 is 0. The Bertz CT molecular complexity index is 624. The predicted molar refractivity (Wildman–Crippen MR) is 128 cm³/mol. The molecule has 1 aromatic rings. The van der Waals surface area contributed by atoms with Gasteiger partial charge in [0.05, 0.1) is 0 Å². The minimum Gasteiger partial charge on any atom is -0.423 e. The number of hydrogen-bond donors (Lipinski definition) is 0. The zero-order chi connectivity index (χ0) is 22.7. The van der Waals surface area contributed by atoms with Crippen LogP contribution in [0.4, 0.5) is 0 Å². The fourth-order valence-corrected chi connectivity index (χ4v) is 3.54. The predicted octanol–water partition coefficient (Wildman–Crippen LogP) is 7.95. The number of esters is 2. The zero-order valence-corrected chi connectivity index (χ0v) is 20.2. The number of aryl methyl sites for hydroxylation is 1. The lowest BCUT2D eigenvalue weighted by Gasteiger charge is -2.13. The molecule has 0 atom stereocenters. The van der Waals surface area contributed by atoms with E-state index in [1.54, 1.807) is 6.07 Å². The van der Waals surface area contributed by atoms with Crippen molar-refractivity contribution in [3.63, 3.8) is 0 Å².